The van der Waals surface area contributed by atoms with Gasteiger partial charge in [0.2, 0.25) is 0 Å². The number of Topliss-reactive ketones (excluding diaryl/α,β-unsaturated/α-hetero) is 1. The van der Waals surface area contributed by atoms with Crippen LogP contribution in [0.4, 0.5) is 0 Å². The third kappa shape index (κ3) is 5.84. The zero-order valence-electron chi connectivity index (χ0n) is 17.3. The van der Waals surface area contributed by atoms with Crippen LogP contribution in [-0.4, -0.2) is 36.5 Å². The first-order chi connectivity index (χ1) is 14.0. The molecule has 0 spiro atoms. The highest BCUT2D eigenvalue weighted by Crippen LogP contribution is 2.38. The lowest BCUT2D eigenvalue weighted by Crippen LogP contribution is -2.35. The van der Waals surface area contributed by atoms with Crippen LogP contribution in [0.5, 0.6) is 11.5 Å². The Morgan fingerprint density at radius 2 is 1.97 bits per heavy atom. The van der Waals surface area contributed by atoms with E-state index in [2.05, 4.69) is 17.0 Å². The Kier molecular flexibility index (Phi) is 7.34. The van der Waals surface area contributed by atoms with Gasteiger partial charge in [0.1, 0.15) is 0 Å². The fourth-order valence-electron chi connectivity index (χ4n) is 3.42. The van der Waals surface area contributed by atoms with Gasteiger partial charge >= 0.3 is 0 Å². The fourth-order valence-corrected chi connectivity index (χ4v) is 3.68. The molecule has 4 nitrogen and oxygen atoms in total. The quantitative estimate of drug-likeness (QED) is 0.571. The van der Waals surface area contributed by atoms with Gasteiger partial charge in [-0.3, -0.25) is 9.69 Å². The van der Waals surface area contributed by atoms with Gasteiger partial charge in [-0.05, 0) is 50.1 Å². The molecule has 154 valence electrons. The summed E-state index contributed by atoms with van der Waals surface area (Å²) in [6.07, 6.45) is 2.44. The Morgan fingerprint density at radius 3 is 2.66 bits per heavy atom. The minimum atomic E-state index is -0.0117. The molecule has 3 rings (SSSR count). The lowest BCUT2D eigenvalue weighted by Gasteiger charge is -2.28. The average Bonchev–Trinajstić information content (AvgIpc) is 2.68. The average molecular weight is 414 g/mol. The number of carbonyl (C=O) groups excluding carboxylic acids is 1. The summed E-state index contributed by atoms with van der Waals surface area (Å²) in [4.78, 5) is 14.8. The van der Waals surface area contributed by atoms with Crippen LogP contribution in [0.1, 0.15) is 38.3 Å². The number of ether oxygens (including phenoxy) is 2. The summed E-state index contributed by atoms with van der Waals surface area (Å²) in [5.41, 5.74) is 2.89. The van der Waals surface area contributed by atoms with Crippen molar-refractivity contribution in [2.75, 3.05) is 19.7 Å². The first-order valence-electron chi connectivity index (χ1n) is 10.1. The van der Waals surface area contributed by atoms with E-state index in [4.69, 9.17) is 21.1 Å². The van der Waals surface area contributed by atoms with Gasteiger partial charge in [-0.2, -0.15) is 0 Å². The molecule has 5 heteroatoms. The molecule has 0 radical (unpaired) electrons. The van der Waals surface area contributed by atoms with Crippen molar-refractivity contribution in [3.63, 3.8) is 0 Å². The van der Waals surface area contributed by atoms with Gasteiger partial charge in [0.15, 0.2) is 17.3 Å². The number of ketones is 1. The van der Waals surface area contributed by atoms with Crippen molar-refractivity contribution in [3.05, 3.63) is 64.2 Å². The van der Waals surface area contributed by atoms with Crippen LogP contribution >= 0.6 is 11.6 Å². The van der Waals surface area contributed by atoms with E-state index in [1.165, 1.54) is 5.56 Å². The van der Waals surface area contributed by atoms with E-state index < -0.39 is 0 Å². The van der Waals surface area contributed by atoms with Crippen LogP contribution in [0, 0.1) is 0 Å². The molecule has 1 saturated heterocycles. The Balaban J connectivity index is 1.84. The monoisotopic (exact) mass is 413 g/mol. The van der Waals surface area contributed by atoms with E-state index in [1.54, 1.807) is 0 Å². The van der Waals surface area contributed by atoms with Crippen molar-refractivity contribution >= 4 is 23.5 Å². The Hall–Kier alpha value is -2.30. The summed E-state index contributed by atoms with van der Waals surface area (Å²) in [5, 5.41) is 0.487. The molecule has 0 saturated carbocycles. The molecule has 0 bridgehead atoms. The maximum Gasteiger partial charge on any atom is 0.180 e. The molecule has 0 amide bonds. The van der Waals surface area contributed by atoms with Crippen molar-refractivity contribution in [2.24, 2.45) is 0 Å². The van der Waals surface area contributed by atoms with E-state index in [9.17, 15) is 4.79 Å². The molecule has 1 aliphatic rings. The van der Waals surface area contributed by atoms with Crippen LogP contribution in [-0.2, 0) is 11.3 Å². The molecule has 0 aromatic heterocycles. The first kappa shape index (κ1) is 21.4. The minimum absolute atomic E-state index is 0.0117. The van der Waals surface area contributed by atoms with E-state index in [-0.39, 0.29) is 11.9 Å². The zero-order chi connectivity index (χ0) is 20.8. The van der Waals surface area contributed by atoms with Crippen molar-refractivity contribution in [2.45, 2.75) is 39.8 Å². The molecule has 0 N–H and O–H groups in total. The van der Waals surface area contributed by atoms with Crippen LogP contribution < -0.4 is 9.47 Å². The second-order valence-electron chi connectivity index (χ2n) is 7.47. The SMILES string of the molecule is CCOc1cc(/C=C2\CN(Cc3ccccc3)CCC2=O)cc(Cl)c1OC(C)C. The van der Waals surface area contributed by atoms with Crippen LogP contribution in [0.25, 0.3) is 6.08 Å². The molecule has 29 heavy (non-hydrogen) atoms. The largest absolute Gasteiger partial charge is 0.490 e. The summed E-state index contributed by atoms with van der Waals surface area (Å²) in [6.45, 7) is 8.56. The topological polar surface area (TPSA) is 38.8 Å². The second kappa shape index (κ2) is 9.95. The molecule has 2 aromatic carbocycles. The molecular formula is C24H28ClNO3. The van der Waals surface area contributed by atoms with Crippen molar-refractivity contribution in [1.82, 2.24) is 4.90 Å². The summed E-state index contributed by atoms with van der Waals surface area (Å²) < 4.78 is 11.6. The fraction of sp³-hybridized carbons (Fsp3) is 0.375. The number of rotatable bonds is 7. The van der Waals surface area contributed by atoms with Crippen LogP contribution in [0.2, 0.25) is 5.02 Å². The van der Waals surface area contributed by atoms with Gasteiger partial charge in [-0.15, -0.1) is 0 Å². The van der Waals surface area contributed by atoms with E-state index in [0.717, 1.165) is 24.2 Å². The number of benzene rings is 2. The third-order valence-electron chi connectivity index (χ3n) is 4.68. The lowest BCUT2D eigenvalue weighted by atomic mass is 9.99. The van der Waals surface area contributed by atoms with Gasteiger partial charge < -0.3 is 9.47 Å². The number of hydrogen-bond acceptors (Lipinski definition) is 4. The minimum Gasteiger partial charge on any atom is -0.490 e. The molecule has 1 fully saturated rings. The predicted molar refractivity (Wildman–Crippen MR) is 118 cm³/mol. The Bertz CT molecular complexity index is 877. The van der Waals surface area contributed by atoms with Crippen molar-refractivity contribution in [1.29, 1.82) is 0 Å². The highest BCUT2D eigenvalue weighted by molar-refractivity contribution is 6.32. The number of piperidine rings is 1. The Labute approximate surface area is 178 Å². The van der Waals surface area contributed by atoms with Gasteiger partial charge in [0.05, 0.1) is 17.7 Å². The summed E-state index contributed by atoms with van der Waals surface area (Å²) in [5.74, 6) is 1.34. The molecule has 1 heterocycles. The number of halogens is 1. The van der Waals surface area contributed by atoms with E-state index >= 15 is 0 Å². The van der Waals surface area contributed by atoms with E-state index in [1.807, 2.05) is 57.2 Å². The Morgan fingerprint density at radius 1 is 1.21 bits per heavy atom. The standard InChI is InChI=1S/C24H28ClNO3/c1-4-28-23-14-19(13-21(25)24(23)29-17(2)3)12-20-16-26(11-10-22(20)27)15-18-8-6-5-7-9-18/h5-9,12-14,17H,4,10-11,15-16H2,1-3H3/b20-12+. The summed E-state index contributed by atoms with van der Waals surface area (Å²) >= 11 is 6.47. The molecular weight excluding hydrogens is 386 g/mol. The zero-order valence-corrected chi connectivity index (χ0v) is 18.0. The lowest BCUT2D eigenvalue weighted by molar-refractivity contribution is -0.117. The number of hydrogen-bond donors (Lipinski definition) is 0. The van der Waals surface area contributed by atoms with Crippen molar-refractivity contribution < 1.29 is 14.3 Å². The van der Waals surface area contributed by atoms with Crippen LogP contribution in [0.15, 0.2) is 48.0 Å². The van der Waals surface area contributed by atoms with Crippen molar-refractivity contribution in [3.8, 4) is 11.5 Å². The molecule has 2 aromatic rings. The molecule has 0 unspecified atom stereocenters. The maximum atomic E-state index is 12.5. The smallest absolute Gasteiger partial charge is 0.180 e. The number of nitrogens with zero attached hydrogens (tertiary/aromatic N) is 1. The number of carbonyl (C=O) groups is 1. The van der Waals surface area contributed by atoms with Crippen LogP contribution in [0.3, 0.4) is 0 Å². The van der Waals surface area contributed by atoms with Gasteiger partial charge in [0, 0.05) is 31.6 Å². The summed E-state index contributed by atoms with van der Waals surface area (Å²) in [6, 6.07) is 14.0. The molecule has 1 aliphatic heterocycles. The normalized spacial score (nSPS) is 16.4. The molecule has 0 aliphatic carbocycles. The highest BCUT2D eigenvalue weighted by atomic mass is 35.5. The van der Waals surface area contributed by atoms with Gasteiger partial charge in [-0.25, -0.2) is 0 Å². The third-order valence-corrected chi connectivity index (χ3v) is 4.96. The highest BCUT2D eigenvalue weighted by Gasteiger charge is 2.22. The predicted octanol–water partition coefficient (Wildman–Crippen LogP) is 5.38. The first-order valence-corrected chi connectivity index (χ1v) is 10.5. The van der Waals surface area contributed by atoms with E-state index in [0.29, 0.717) is 36.1 Å². The van der Waals surface area contributed by atoms with Gasteiger partial charge in [-0.1, -0.05) is 41.9 Å². The maximum absolute atomic E-state index is 12.5. The number of likely N-dealkylation sites (tertiary alicyclic amines) is 1. The summed E-state index contributed by atoms with van der Waals surface area (Å²) in [7, 11) is 0. The second-order valence-corrected chi connectivity index (χ2v) is 7.88. The molecule has 0 atom stereocenters. The van der Waals surface area contributed by atoms with Gasteiger partial charge in [0.25, 0.3) is 0 Å².